The minimum atomic E-state index is -0.225. The summed E-state index contributed by atoms with van der Waals surface area (Å²) < 4.78 is 0. The number of rotatable bonds is 4. The molecule has 0 saturated carbocycles. The molecule has 2 aromatic rings. The summed E-state index contributed by atoms with van der Waals surface area (Å²) in [6, 6.07) is 7.71. The van der Waals surface area contributed by atoms with E-state index in [1.165, 1.54) is 0 Å². The van der Waals surface area contributed by atoms with Crippen LogP contribution in [0.15, 0.2) is 24.3 Å². The van der Waals surface area contributed by atoms with Gasteiger partial charge in [0.25, 0.3) is 0 Å². The van der Waals surface area contributed by atoms with Crippen LogP contribution in [-0.2, 0) is 11.2 Å². The number of carbonyl (C=O) groups is 1. The number of hydrogen-bond acceptors (Lipinski definition) is 3. The summed E-state index contributed by atoms with van der Waals surface area (Å²) in [5.74, 6) is -0.0881. The first kappa shape index (κ1) is 14.5. The highest BCUT2D eigenvalue weighted by Crippen LogP contribution is 2.22. The van der Waals surface area contributed by atoms with Crippen LogP contribution in [0.4, 0.5) is 0 Å². The van der Waals surface area contributed by atoms with Crippen LogP contribution in [0.5, 0.6) is 0 Å². The number of carbonyl (C=O) groups excluding carboxylic acids is 1. The molecule has 0 aliphatic rings. The van der Waals surface area contributed by atoms with Gasteiger partial charge in [-0.3, -0.25) is 9.78 Å². The second-order valence-corrected chi connectivity index (χ2v) is 5.15. The topological polar surface area (TPSA) is 62.2 Å². The molecule has 1 heterocycles. The molecule has 0 radical (unpaired) electrons. The summed E-state index contributed by atoms with van der Waals surface area (Å²) in [5, 5.41) is 12.8. The number of benzene rings is 1. The van der Waals surface area contributed by atoms with E-state index in [0.29, 0.717) is 6.42 Å². The molecule has 0 saturated heterocycles. The summed E-state index contributed by atoms with van der Waals surface area (Å²) >= 11 is 0. The fourth-order valence-electron chi connectivity index (χ4n) is 2.36. The second kappa shape index (κ2) is 6.01. The molecule has 20 heavy (non-hydrogen) atoms. The molecule has 106 valence electrons. The van der Waals surface area contributed by atoms with Crippen LogP contribution >= 0.6 is 0 Å². The lowest BCUT2D eigenvalue weighted by Gasteiger charge is -2.14. The average Bonchev–Trinajstić information content (AvgIpc) is 2.43. The predicted octanol–water partition coefficient (Wildman–Crippen LogP) is 1.89. The molecule has 1 amide bonds. The van der Waals surface area contributed by atoms with E-state index in [1.54, 1.807) is 6.92 Å². The van der Waals surface area contributed by atoms with E-state index in [2.05, 4.69) is 10.3 Å². The molecule has 4 nitrogen and oxygen atoms in total. The number of aromatic nitrogens is 1. The number of para-hydroxylation sites is 1. The van der Waals surface area contributed by atoms with Gasteiger partial charge < -0.3 is 10.4 Å². The fraction of sp³-hybridized carbons (Fsp3) is 0.375. The molecular formula is C16H20N2O2. The van der Waals surface area contributed by atoms with Crippen LogP contribution in [0.3, 0.4) is 0 Å². The van der Waals surface area contributed by atoms with Gasteiger partial charge in [-0.25, -0.2) is 0 Å². The molecule has 1 atom stereocenters. The van der Waals surface area contributed by atoms with Crippen molar-refractivity contribution in [2.45, 2.75) is 33.2 Å². The van der Waals surface area contributed by atoms with Crippen LogP contribution in [0.25, 0.3) is 10.9 Å². The minimum Gasteiger partial charge on any atom is -0.394 e. The van der Waals surface area contributed by atoms with Crippen molar-refractivity contribution >= 4 is 16.8 Å². The number of hydrogen-bond donors (Lipinski definition) is 2. The Morgan fingerprint density at radius 1 is 1.35 bits per heavy atom. The van der Waals surface area contributed by atoms with E-state index in [1.807, 2.05) is 38.1 Å². The van der Waals surface area contributed by atoms with Gasteiger partial charge in [-0.15, -0.1) is 0 Å². The Balaban J connectivity index is 2.32. The van der Waals surface area contributed by atoms with Crippen molar-refractivity contribution in [1.29, 1.82) is 0 Å². The number of aliphatic hydroxyl groups excluding tert-OH is 1. The smallest absolute Gasteiger partial charge is 0.224 e. The third kappa shape index (κ3) is 2.96. The number of nitrogens with zero attached hydrogens (tertiary/aromatic N) is 1. The highest BCUT2D eigenvalue weighted by molar-refractivity contribution is 5.86. The SMILES string of the molecule is Cc1nc2ccccc2c(C)c1CC(=O)N[C@H](C)CO. The Labute approximate surface area is 118 Å². The maximum Gasteiger partial charge on any atom is 0.224 e. The lowest BCUT2D eigenvalue weighted by atomic mass is 9.99. The summed E-state index contributed by atoms with van der Waals surface area (Å²) in [6.07, 6.45) is 0.292. The van der Waals surface area contributed by atoms with Crippen molar-refractivity contribution in [3.05, 3.63) is 41.1 Å². The first-order valence-corrected chi connectivity index (χ1v) is 6.78. The summed E-state index contributed by atoms with van der Waals surface area (Å²) in [6.45, 7) is 5.67. The summed E-state index contributed by atoms with van der Waals surface area (Å²) in [7, 11) is 0. The molecule has 0 bridgehead atoms. The van der Waals surface area contributed by atoms with Gasteiger partial charge in [-0.2, -0.15) is 0 Å². The number of aliphatic hydroxyl groups is 1. The number of aryl methyl sites for hydroxylation is 2. The Morgan fingerprint density at radius 3 is 2.75 bits per heavy atom. The zero-order chi connectivity index (χ0) is 14.7. The molecule has 0 spiro atoms. The predicted molar refractivity (Wildman–Crippen MR) is 79.6 cm³/mol. The number of fused-ring (bicyclic) bond motifs is 1. The highest BCUT2D eigenvalue weighted by atomic mass is 16.3. The first-order chi connectivity index (χ1) is 9.52. The molecule has 1 aromatic carbocycles. The van der Waals surface area contributed by atoms with Crippen LogP contribution in [-0.4, -0.2) is 28.6 Å². The molecule has 0 unspecified atom stereocenters. The van der Waals surface area contributed by atoms with E-state index < -0.39 is 0 Å². The van der Waals surface area contributed by atoms with E-state index in [0.717, 1.165) is 27.7 Å². The lowest BCUT2D eigenvalue weighted by Crippen LogP contribution is -2.36. The van der Waals surface area contributed by atoms with E-state index in [4.69, 9.17) is 5.11 Å². The van der Waals surface area contributed by atoms with Crippen LogP contribution in [0.1, 0.15) is 23.7 Å². The molecule has 2 N–H and O–H groups in total. The van der Waals surface area contributed by atoms with Crippen molar-refractivity contribution in [3.63, 3.8) is 0 Å². The van der Waals surface area contributed by atoms with Crippen LogP contribution in [0.2, 0.25) is 0 Å². The maximum absolute atomic E-state index is 12.0. The minimum absolute atomic E-state index is 0.0559. The van der Waals surface area contributed by atoms with Gasteiger partial charge in [-0.05, 0) is 38.0 Å². The Bertz CT molecular complexity index is 638. The molecular weight excluding hydrogens is 252 g/mol. The van der Waals surface area contributed by atoms with E-state index >= 15 is 0 Å². The number of amides is 1. The molecule has 0 aliphatic heterocycles. The van der Waals surface area contributed by atoms with Gasteiger partial charge in [0.2, 0.25) is 5.91 Å². The van der Waals surface area contributed by atoms with Gasteiger partial charge in [0.15, 0.2) is 0 Å². The molecule has 0 aliphatic carbocycles. The monoisotopic (exact) mass is 272 g/mol. The Morgan fingerprint density at radius 2 is 2.05 bits per heavy atom. The van der Waals surface area contributed by atoms with Gasteiger partial charge in [0.1, 0.15) is 0 Å². The third-order valence-electron chi connectivity index (χ3n) is 3.50. The zero-order valence-corrected chi connectivity index (χ0v) is 12.1. The number of pyridine rings is 1. The molecule has 2 rings (SSSR count). The molecule has 4 heteroatoms. The Hall–Kier alpha value is -1.94. The van der Waals surface area contributed by atoms with Crippen LogP contribution in [0, 0.1) is 13.8 Å². The fourth-order valence-corrected chi connectivity index (χ4v) is 2.36. The van der Waals surface area contributed by atoms with Crippen molar-refractivity contribution in [1.82, 2.24) is 10.3 Å². The average molecular weight is 272 g/mol. The quantitative estimate of drug-likeness (QED) is 0.893. The van der Waals surface area contributed by atoms with Crippen LogP contribution < -0.4 is 5.32 Å². The first-order valence-electron chi connectivity index (χ1n) is 6.78. The lowest BCUT2D eigenvalue weighted by molar-refractivity contribution is -0.121. The van der Waals surface area contributed by atoms with Gasteiger partial charge in [-0.1, -0.05) is 18.2 Å². The highest BCUT2D eigenvalue weighted by Gasteiger charge is 2.14. The van der Waals surface area contributed by atoms with Crippen molar-refractivity contribution in [2.75, 3.05) is 6.61 Å². The zero-order valence-electron chi connectivity index (χ0n) is 12.1. The second-order valence-electron chi connectivity index (χ2n) is 5.15. The largest absolute Gasteiger partial charge is 0.394 e. The maximum atomic E-state index is 12.0. The van der Waals surface area contributed by atoms with Crippen molar-refractivity contribution in [3.8, 4) is 0 Å². The summed E-state index contributed by atoms with van der Waals surface area (Å²) in [5.41, 5.74) is 3.90. The van der Waals surface area contributed by atoms with Gasteiger partial charge >= 0.3 is 0 Å². The molecule has 0 fully saturated rings. The Kier molecular flexibility index (Phi) is 4.35. The molecule has 1 aromatic heterocycles. The van der Waals surface area contributed by atoms with Crippen molar-refractivity contribution < 1.29 is 9.90 Å². The van der Waals surface area contributed by atoms with E-state index in [9.17, 15) is 4.79 Å². The summed E-state index contributed by atoms with van der Waals surface area (Å²) in [4.78, 5) is 16.5. The van der Waals surface area contributed by atoms with E-state index in [-0.39, 0.29) is 18.6 Å². The van der Waals surface area contributed by atoms with Gasteiger partial charge in [0, 0.05) is 17.1 Å². The standard InChI is InChI=1S/C16H20N2O2/c1-10(9-19)17-16(20)8-14-11(2)13-6-4-5-7-15(13)18-12(14)3/h4-7,10,19H,8-9H2,1-3H3,(H,17,20)/t10-/m1/s1. The number of nitrogens with one attached hydrogen (secondary N) is 1. The normalized spacial score (nSPS) is 12.4. The van der Waals surface area contributed by atoms with Gasteiger partial charge in [0.05, 0.1) is 18.5 Å². The van der Waals surface area contributed by atoms with Crippen molar-refractivity contribution in [2.24, 2.45) is 0 Å². The third-order valence-corrected chi connectivity index (χ3v) is 3.50.